The minimum absolute atomic E-state index is 0.0663. The van der Waals surface area contributed by atoms with Crippen LogP contribution in [0.5, 0.6) is 11.5 Å². The van der Waals surface area contributed by atoms with Crippen LogP contribution in [0, 0.1) is 5.92 Å². The Morgan fingerprint density at radius 2 is 2.06 bits per heavy atom. The van der Waals surface area contributed by atoms with Gasteiger partial charge in [0.15, 0.2) is 0 Å². The van der Waals surface area contributed by atoms with Gasteiger partial charge in [-0.3, -0.25) is 9.69 Å². The number of likely N-dealkylation sites (tertiary alicyclic amines) is 1. The molecule has 1 aromatic heterocycles. The number of carbonyl (C=O) groups is 1. The van der Waals surface area contributed by atoms with Crippen molar-refractivity contribution in [1.82, 2.24) is 20.4 Å². The topological polar surface area (TPSA) is 89.7 Å². The van der Waals surface area contributed by atoms with Crippen LogP contribution < -0.4 is 14.8 Å². The summed E-state index contributed by atoms with van der Waals surface area (Å²) in [5.41, 5.74) is 1.44. The van der Waals surface area contributed by atoms with Gasteiger partial charge in [-0.05, 0) is 69.6 Å². The Hall–Kier alpha value is -3.10. The summed E-state index contributed by atoms with van der Waals surface area (Å²) in [6.45, 7) is 6.12. The van der Waals surface area contributed by atoms with Gasteiger partial charge in [0.2, 0.25) is 17.6 Å². The SMILES string of the molecule is COc1ccc2c(c1)OC(C)(C)CC2NC(=O)C1CCCN(Cc2nc(-c3ccc(Cl)cc3)no2)C1. The normalized spacial score (nSPS) is 21.3. The van der Waals surface area contributed by atoms with Gasteiger partial charge in [-0.15, -0.1) is 0 Å². The molecule has 1 amide bonds. The third-order valence-electron chi connectivity index (χ3n) is 6.80. The van der Waals surface area contributed by atoms with Crippen molar-refractivity contribution < 1.29 is 18.8 Å². The number of hydrogen-bond acceptors (Lipinski definition) is 7. The Morgan fingerprint density at radius 1 is 1.25 bits per heavy atom. The van der Waals surface area contributed by atoms with Crippen LogP contribution in [0.2, 0.25) is 5.02 Å². The zero-order valence-electron chi connectivity index (χ0n) is 20.8. The first-order chi connectivity index (χ1) is 17.3. The standard InChI is InChI=1S/C27H31ClN4O4/c1-27(2)14-22(21-11-10-20(34-3)13-23(21)35-27)29-26(33)18-5-4-12-32(15-18)16-24-30-25(31-36-24)17-6-8-19(28)9-7-17/h6-11,13,18,22H,4-5,12,14-16H2,1-3H3,(H,29,33). The summed E-state index contributed by atoms with van der Waals surface area (Å²) in [4.78, 5) is 20.1. The third-order valence-corrected chi connectivity index (χ3v) is 7.05. The minimum Gasteiger partial charge on any atom is -0.497 e. The number of piperidine rings is 1. The Labute approximate surface area is 215 Å². The van der Waals surface area contributed by atoms with Crippen LogP contribution in [0.15, 0.2) is 47.0 Å². The highest BCUT2D eigenvalue weighted by atomic mass is 35.5. The molecule has 9 heteroatoms. The molecule has 0 spiro atoms. The lowest BCUT2D eigenvalue weighted by molar-refractivity contribution is -0.128. The molecule has 0 radical (unpaired) electrons. The summed E-state index contributed by atoms with van der Waals surface area (Å²) in [6, 6.07) is 13.0. The molecule has 3 heterocycles. The number of carbonyl (C=O) groups excluding carboxylic acids is 1. The number of fused-ring (bicyclic) bond motifs is 1. The summed E-state index contributed by atoms with van der Waals surface area (Å²) >= 11 is 5.97. The molecule has 5 rings (SSSR count). The van der Waals surface area contributed by atoms with Crippen molar-refractivity contribution in [1.29, 1.82) is 0 Å². The maximum atomic E-state index is 13.4. The van der Waals surface area contributed by atoms with Crippen LogP contribution in [-0.2, 0) is 11.3 Å². The van der Waals surface area contributed by atoms with Gasteiger partial charge in [-0.1, -0.05) is 16.8 Å². The fourth-order valence-electron chi connectivity index (χ4n) is 5.02. The molecule has 0 bridgehead atoms. The number of nitrogens with one attached hydrogen (secondary N) is 1. The van der Waals surface area contributed by atoms with Gasteiger partial charge in [0.05, 0.1) is 25.6 Å². The number of aromatic nitrogens is 2. The predicted molar refractivity (Wildman–Crippen MR) is 136 cm³/mol. The second-order valence-electron chi connectivity index (χ2n) is 10.1. The smallest absolute Gasteiger partial charge is 0.241 e. The lowest BCUT2D eigenvalue weighted by atomic mass is 9.88. The summed E-state index contributed by atoms with van der Waals surface area (Å²) in [7, 11) is 1.64. The zero-order valence-corrected chi connectivity index (χ0v) is 21.5. The van der Waals surface area contributed by atoms with E-state index in [1.165, 1.54) is 0 Å². The van der Waals surface area contributed by atoms with Crippen molar-refractivity contribution >= 4 is 17.5 Å². The van der Waals surface area contributed by atoms with Crippen LogP contribution in [0.25, 0.3) is 11.4 Å². The van der Waals surface area contributed by atoms with E-state index in [0.717, 1.165) is 42.0 Å². The summed E-state index contributed by atoms with van der Waals surface area (Å²) in [5.74, 6) is 2.52. The summed E-state index contributed by atoms with van der Waals surface area (Å²) in [5, 5.41) is 8.07. The highest BCUT2D eigenvalue weighted by Gasteiger charge is 2.36. The molecule has 0 aliphatic carbocycles. The highest BCUT2D eigenvalue weighted by Crippen LogP contribution is 2.41. The average Bonchev–Trinajstić information content (AvgIpc) is 3.32. The fraction of sp³-hybridized carbons (Fsp3) is 0.444. The van der Waals surface area contributed by atoms with Crippen LogP contribution in [0.4, 0.5) is 0 Å². The molecule has 1 N–H and O–H groups in total. The van der Waals surface area contributed by atoms with Gasteiger partial charge in [0.1, 0.15) is 17.1 Å². The van der Waals surface area contributed by atoms with Crippen molar-refractivity contribution in [2.24, 2.45) is 5.92 Å². The molecule has 3 aromatic rings. The fourth-order valence-corrected chi connectivity index (χ4v) is 5.14. The molecular formula is C27H31ClN4O4. The molecule has 2 aromatic carbocycles. The van der Waals surface area contributed by atoms with Gasteiger partial charge >= 0.3 is 0 Å². The lowest BCUT2D eigenvalue weighted by Gasteiger charge is -2.39. The molecular weight excluding hydrogens is 480 g/mol. The number of benzene rings is 2. The van der Waals surface area contributed by atoms with E-state index in [0.29, 0.717) is 36.2 Å². The van der Waals surface area contributed by atoms with E-state index in [-0.39, 0.29) is 17.9 Å². The van der Waals surface area contributed by atoms with Gasteiger partial charge in [-0.2, -0.15) is 4.98 Å². The van der Waals surface area contributed by atoms with E-state index in [9.17, 15) is 4.79 Å². The first-order valence-corrected chi connectivity index (χ1v) is 12.7. The Kier molecular flexibility index (Phi) is 6.90. The number of hydrogen-bond donors (Lipinski definition) is 1. The number of rotatable bonds is 6. The second-order valence-corrected chi connectivity index (χ2v) is 10.6. The maximum absolute atomic E-state index is 13.4. The monoisotopic (exact) mass is 510 g/mol. The van der Waals surface area contributed by atoms with E-state index in [1.54, 1.807) is 19.2 Å². The number of halogens is 1. The van der Waals surface area contributed by atoms with Crippen LogP contribution in [0.3, 0.4) is 0 Å². The number of ether oxygens (including phenoxy) is 2. The van der Waals surface area contributed by atoms with E-state index < -0.39 is 5.60 Å². The van der Waals surface area contributed by atoms with Crippen molar-refractivity contribution in [3.63, 3.8) is 0 Å². The van der Waals surface area contributed by atoms with E-state index in [4.69, 9.17) is 25.6 Å². The number of nitrogens with zero attached hydrogens (tertiary/aromatic N) is 3. The van der Waals surface area contributed by atoms with E-state index in [1.807, 2.05) is 44.2 Å². The number of amides is 1. The second kappa shape index (κ2) is 10.1. The van der Waals surface area contributed by atoms with Crippen LogP contribution in [0.1, 0.15) is 50.6 Å². The molecule has 2 atom stereocenters. The quantitative estimate of drug-likeness (QED) is 0.497. The molecule has 1 fully saturated rings. The largest absolute Gasteiger partial charge is 0.497 e. The highest BCUT2D eigenvalue weighted by molar-refractivity contribution is 6.30. The van der Waals surface area contributed by atoms with Crippen molar-refractivity contribution in [3.05, 3.63) is 58.9 Å². The molecule has 36 heavy (non-hydrogen) atoms. The molecule has 2 aliphatic heterocycles. The molecule has 2 aliphatic rings. The Bertz CT molecular complexity index is 1230. The molecule has 2 unspecified atom stereocenters. The van der Waals surface area contributed by atoms with E-state index >= 15 is 0 Å². The van der Waals surface area contributed by atoms with Gasteiger partial charge in [0, 0.05) is 35.2 Å². The third kappa shape index (κ3) is 5.50. The first kappa shape index (κ1) is 24.6. The van der Waals surface area contributed by atoms with Crippen molar-refractivity contribution in [2.45, 2.75) is 51.3 Å². The summed E-state index contributed by atoms with van der Waals surface area (Å²) in [6.07, 6.45) is 2.48. The number of methoxy groups -OCH3 is 1. The van der Waals surface area contributed by atoms with Crippen molar-refractivity contribution in [3.8, 4) is 22.9 Å². The van der Waals surface area contributed by atoms with Gasteiger partial charge in [0.25, 0.3) is 0 Å². The predicted octanol–water partition coefficient (Wildman–Crippen LogP) is 5.03. The lowest BCUT2D eigenvalue weighted by Crippen LogP contribution is -2.46. The van der Waals surface area contributed by atoms with E-state index in [2.05, 4.69) is 20.4 Å². The molecule has 8 nitrogen and oxygen atoms in total. The van der Waals surface area contributed by atoms with Gasteiger partial charge < -0.3 is 19.3 Å². The van der Waals surface area contributed by atoms with Crippen molar-refractivity contribution in [2.75, 3.05) is 20.2 Å². The molecule has 1 saturated heterocycles. The van der Waals surface area contributed by atoms with Crippen LogP contribution in [-0.4, -0.2) is 46.7 Å². The first-order valence-electron chi connectivity index (χ1n) is 12.3. The Balaban J connectivity index is 1.23. The van der Waals surface area contributed by atoms with Gasteiger partial charge in [-0.25, -0.2) is 0 Å². The molecule has 190 valence electrons. The minimum atomic E-state index is -0.393. The Morgan fingerprint density at radius 3 is 2.83 bits per heavy atom. The average molecular weight is 511 g/mol. The molecule has 0 saturated carbocycles. The maximum Gasteiger partial charge on any atom is 0.241 e. The summed E-state index contributed by atoms with van der Waals surface area (Å²) < 4.78 is 17.0. The van der Waals surface area contributed by atoms with Crippen LogP contribution >= 0.6 is 11.6 Å². The zero-order chi connectivity index (χ0) is 25.3.